The summed E-state index contributed by atoms with van der Waals surface area (Å²) in [4.78, 5) is 15.7. The first-order valence-electron chi connectivity index (χ1n) is 7.91. The first-order valence-corrected chi connectivity index (χ1v) is 8.89. The second-order valence-corrected chi connectivity index (χ2v) is 6.51. The maximum absolute atomic E-state index is 12.6. The lowest BCUT2D eigenvalue weighted by Crippen LogP contribution is -2.33. The van der Waals surface area contributed by atoms with Crippen LogP contribution in [0.5, 0.6) is 0 Å². The topological polar surface area (TPSA) is 46.3 Å². The summed E-state index contributed by atoms with van der Waals surface area (Å²) >= 11 is 1.61. The molecule has 0 aromatic heterocycles. The van der Waals surface area contributed by atoms with Crippen molar-refractivity contribution in [2.75, 3.05) is 18.8 Å². The van der Waals surface area contributed by atoms with Crippen molar-refractivity contribution in [2.45, 2.75) is 24.8 Å². The first-order chi connectivity index (χ1) is 11.2. The average molecular weight is 328 g/mol. The highest BCUT2D eigenvalue weighted by Crippen LogP contribution is 2.22. The van der Waals surface area contributed by atoms with Gasteiger partial charge >= 0.3 is 0 Å². The lowest BCUT2D eigenvalue weighted by atomic mass is 10.2. The normalized spacial score (nSPS) is 10.5. The van der Waals surface area contributed by atoms with Gasteiger partial charge in [0.05, 0.1) is 5.75 Å². The van der Waals surface area contributed by atoms with Crippen molar-refractivity contribution < 1.29 is 4.79 Å². The fourth-order valence-electron chi connectivity index (χ4n) is 2.33. The Kier molecular flexibility index (Phi) is 7.17. The summed E-state index contributed by atoms with van der Waals surface area (Å²) in [5.41, 5.74) is 7.97. The van der Waals surface area contributed by atoms with E-state index in [-0.39, 0.29) is 5.91 Å². The minimum absolute atomic E-state index is 0.163. The lowest BCUT2D eigenvalue weighted by molar-refractivity contribution is -0.129. The summed E-state index contributed by atoms with van der Waals surface area (Å²) in [6, 6.07) is 18.3. The summed E-state index contributed by atoms with van der Waals surface area (Å²) in [6.07, 6.45) is 0.827. The number of carbonyl (C=O) groups is 1. The van der Waals surface area contributed by atoms with E-state index in [0.29, 0.717) is 25.4 Å². The number of nitrogens with zero attached hydrogens (tertiary/aromatic N) is 1. The maximum atomic E-state index is 12.6. The number of nitrogens with two attached hydrogens (primary N) is 1. The molecular weight excluding hydrogens is 304 g/mol. The predicted molar refractivity (Wildman–Crippen MR) is 97.4 cm³/mol. The zero-order chi connectivity index (χ0) is 16.5. The molecule has 2 rings (SSSR count). The van der Waals surface area contributed by atoms with Crippen molar-refractivity contribution in [3.63, 3.8) is 0 Å². The minimum atomic E-state index is 0.163. The summed E-state index contributed by atoms with van der Waals surface area (Å²) in [5.74, 6) is 0.623. The Morgan fingerprint density at radius 2 is 1.78 bits per heavy atom. The molecule has 0 aliphatic heterocycles. The molecule has 2 aromatic carbocycles. The Hall–Kier alpha value is -1.78. The van der Waals surface area contributed by atoms with Crippen LogP contribution in [0.2, 0.25) is 0 Å². The second-order valence-electron chi connectivity index (χ2n) is 5.50. The van der Waals surface area contributed by atoms with Crippen molar-refractivity contribution in [3.05, 3.63) is 65.7 Å². The molecule has 0 spiro atoms. The van der Waals surface area contributed by atoms with Crippen LogP contribution in [0.25, 0.3) is 0 Å². The van der Waals surface area contributed by atoms with E-state index < -0.39 is 0 Å². The molecule has 0 aliphatic rings. The van der Waals surface area contributed by atoms with Crippen LogP contribution in [-0.4, -0.2) is 29.6 Å². The molecule has 0 aliphatic carbocycles. The Morgan fingerprint density at radius 1 is 1.09 bits per heavy atom. The predicted octanol–water partition coefficient (Wildman–Crippen LogP) is 3.46. The van der Waals surface area contributed by atoms with E-state index in [1.165, 1.54) is 10.5 Å². The highest BCUT2D eigenvalue weighted by molar-refractivity contribution is 8.00. The zero-order valence-corrected chi connectivity index (χ0v) is 14.4. The number of carbonyl (C=O) groups excluding carboxylic acids is 1. The SMILES string of the molecule is Cc1ccccc1SCC(=O)N(CCCN)Cc1ccccc1. The van der Waals surface area contributed by atoms with Crippen LogP contribution in [0.3, 0.4) is 0 Å². The number of thioether (sulfide) groups is 1. The first kappa shape index (κ1) is 17.6. The largest absolute Gasteiger partial charge is 0.338 e. The molecule has 3 nitrogen and oxygen atoms in total. The van der Waals surface area contributed by atoms with E-state index in [2.05, 4.69) is 31.2 Å². The molecule has 1 amide bonds. The van der Waals surface area contributed by atoms with Crippen LogP contribution in [0, 0.1) is 6.92 Å². The molecule has 0 saturated carbocycles. The molecule has 23 heavy (non-hydrogen) atoms. The van der Waals surface area contributed by atoms with Gasteiger partial charge < -0.3 is 10.6 Å². The third-order valence-electron chi connectivity index (χ3n) is 3.65. The van der Waals surface area contributed by atoms with Gasteiger partial charge in [-0.25, -0.2) is 0 Å². The molecule has 2 N–H and O–H groups in total. The van der Waals surface area contributed by atoms with Gasteiger partial charge in [-0.05, 0) is 37.1 Å². The van der Waals surface area contributed by atoms with E-state index in [4.69, 9.17) is 5.73 Å². The van der Waals surface area contributed by atoms with Crippen LogP contribution < -0.4 is 5.73 Å². The van der Waals surface area contributed by atoms with Gasteiger partial charge in [0.2, 0.25) is 5.91 Å². The summed E-state index contributed by atoms with van der Waals surface area (Å²) in [6.45, 7) is 4.03. The molecule has 0 atom stereocenters. The Bertz CT molecular complexity index is 616. The lowest BCUT2D eigenvalue weighted by Gasteiger charge is -2.22. The second kappa shape index (κ2) is 9.38. The minimum Gasteiger partial charge on any atom is -0.338 e. The van der Waals surface area contributed by atoms with Crippen LogP contribution in [0.4, 0.5) is 0 Å². The molecule has 0 radical (unpaired) electrons. The van der Waals surface area contributed by atoms with Crippen molar-refractivity contribution >= 4 is 17.7 Å². The van der Waals surface area contributed by atoms with Gasteiger partial charge in [0.25, 0.3) is 0 Å². The fraction of sp³-hybridized carbons (Fsp3) is 0.316. The molecule has 0 bridgehead atoms. The standard InChI is InChI=1S/C19H24N2OS/c1-16-8-5-6-11-18(16)23-15-19(22)21(13-7-12-20)14-17-9-3-2-4-10-17/h2-6,8-11H,7,12-15,20H2,1H3. The Balaban J connectivity index is 1.97. The van der Waals surface area contributed by atoms with Gasteiger partial charge in [-0.3, -0.25) is 4.79 Å². The molecule has 0 fully saturated rings. The molecule has 2 aromatic rings. The molecule has 4 heteroatoms. The van der Waals surface area contributed by atoms with Crippen molar-refractivity contribution in [3.8, 4) is 0 Å². The number of hydrogen-bond donors (Lipinski definition) is 1. The van der Waals surface area contributed by atoms with Crippen LogP contribution in [0.1, 0.15) is 17.5 Å². The highest BCUT2D eigenvalue weighted by atomic mass is 32.2. The van der Waals surface area contributed by atoms with Crippen molar-refractivity contribution in [2.24, 2.45) is 5.73 Å². The molecule has 0 heterocycles. The van der Waals surface area contributed by atoms with Crippen LogP contribution in [-0.2, 0) is 11.3 Å². The summed E-state index contributed by atoms with van der Waals surface area (Å²) in [7, 11) is 0. The van der Waals surface area contributed by atoms with Gasteiger partial charge in [-0.2, -0.15) is 0 Å². The summed E-state index contributed by atoms with van der Waals surface area (Å²) in [5, 5.41) is 0. The molecule has 0 saturated heterocycles. The number of aryl methyl sites for hydroxylation is 1. The third kappa shape index (κ3) is 5.73. The average Bonchev–Trinajstić information content (AvgIpc) is 2.58. The van der Waals surface area contributed by atoms with Crippen molar-refractivity contribution in [1.29, 1.82) is 0 Å². The van der Waals surface area contributed by atoms with E-state index in [1.54, 1.807) is 11.8 Å². The molecular formula is C19H24N2OS. The molecule has 0 unspecified atom stereocenters. The van der Waals surface area contributed by atoms with Crippen molar-refractivity contribution in [1.82, 2.24) is 4.90 Å². The monoisotopic (exact) mass is 328 g/mol. The van der Waals surface area contributed by atoms with E-state index in [0.717, 1.165) is 12.0 Å². The Morgan fingerprint density at radius 3 is 2.48 bits per heavy atom. The third-order valence-corrected chi connectivity index (χ3v) is 4.81. The van der Waals surface area contributed by atoms with Gasteiger partial charge in [0.15, 0.2) is 0 Å². The highest BCUT2D eigenvalue weighted by Gasteiger charge is 2.14. The number of benzene rings is 2. The van der Waals surface area contributed by atoms with E-state index in [9.17, 15) is 4.79 Å². The van der Waals surface area contributed by atoms with E-state index in [1.807, 2.05) is 35.2 Å². The zero-order valence-electron chi connectivity index (χ0n) is 13.6. The van der Waals surface area contributed by atoms with Gasteiger partial charge in [-0.15, -0.1) is 11.8 Å². The number of amides is 1. The quantitative estimate of drug-likeness (QED) is 0.755. The summed E-state index contributed by atoms with van der Waals surface area (Å²) < 4.78 is 0. The molecule has 122 valence electrons. The number of hydrogen-bond acceptors (Lipinski definition) is 3. The van der Waals surface area contributed by atoms with E-state index >= 15 is 0 Å². The number of rotatable bonds is 8. The van der Waals surface area contributed by atoms with Gasteiger partial charge in [0.1, 0.15) is 0 Å². The van der Waals surface area contributed by atoms with Gasteiger partial charge in [-0.1, -0.05) is 48.5 Å². The van der Waals surface area contributed by atoms with Crippen LogP contribution >= 0.6 is 11.8 Å². The van der Waals surface area contributed by atoms with Crippen LogP contribution in [0.15, 0.2) is 59.5 Å². The maximum Gasteiger partial charge on any atom is 0.233 e. The fourth-order valence-corrected chi connectivity index (χ4v) is 3.26. The van der Waals surface area contributed by atoms with Gasteiger partial charge in [0, 0.05) is 18.0 Å². The smallest absolute Gasteiger partial charge is 0.233 e. The Labute approximate surface area is 142 Å².